The minimum absolute atomic E-state index is 0.00873. The molecule has 0 unspecified atom stereocenters. The number of hydrogen-bond donors (Lipinski definition) is 3. The van der Waals surface area contributed by atoms with Gasteiger partial charge in [-0.3, -0.25) is 4.79 Å². The van der Waals surface area contributed by atoms with E-state index >= 15 is 0 Å². The summed E-state index contributed by atoms with van der Waals surface area (Å²) in [4.78, 5) is 21.6. The van der Waals surface area contributed by atoms with E-state index in [4.69, 9.17) is 0 Å². The monoisotopic (exact) mass is 175 g/mol. The first-order valence-electron chi connectivity index (χ1n) is 3.62. The van der Waals surface area contributed by atoms with E-state index in [-0.39, 0.29) is 25.0 Å². The summed E-state index contributed by atoms with van der Waals surface area (Å²) in [7, 11) is 0. The fourth-order valence-electron chi connectivity index (χ4n) is 0.907. The van der Waals surface area contributed by atoms with Crippen molar-refractivity contribution < 1.29 is 14.0 Å². The molecule has 68 valence electrons. The molecule has 1 fully saturated rings. The molecule has 5 nitrogen and oxygen atoms in total. The van der Waals surface area contributed by atoms with Gasteiger partial charge in [0.15, 0.2) is 0 Å². The van der Waals surface area contributed by atoms with Gasteiger partial charge in [-0.2, -0.15) is 0 Å². The zero-order chi connectivity index (χ0) is 8.97. The molecule has 6 heteroatoms. The van der Waals surface area contributed by atoms with Gasteiger partial charge in [0.05, 0.1) is 0 Å². The molecule has 12 heavy (non-hydrogen) atoms. The molecule has 0 aromatic carbocycles. The summed E-state index contributed by atoms with van der Waals surface area (Å²) in [6.07, 6.45) is 0. The number of halogens is 1. The third-order valence-electron chi connectivity index (χ3n) is 1.48. The fraction of sp³-hybridized carbons (Fsp3) is 0.667. The summed E-state index contributed by atoms with van der Waals surface area (Å²) in [5, 5.41) is 7.13. The first-order chi connectivity index (χ1) is 5.74. The lowest BCUT2D eigenvalue weighted by Crippen LogP contribution is -2.43. The summed E-state index contributed by atoms with van der Waals surface area (Å²) in [6.45, 7) is -0.345. The van der Waals surface area contributed by atoms with Gasteiger partial charge < -0.3 is 16.0 Å². The second-order valence-corrected chi connectivity index (χ2v) is 2.39. The average Bonchev–Trinajstić information content (AvgIpc) is 2.47. The van der Waals surface area contributed by atoms with Crippen LogP contribution in [0.4, 0.5) is 9.18 Å². The Morgan fingerprint density at radius 3 is 3.00 bits per heavy atom. The second-order valence-electron chi connectivity index (χ2n) is 2.39. The Balaban J connectivity index is 2.28. The lowest BCUT2D eigenvalue weighted by Gasteiger charge is -2.07. The largest absolute Gasteiger partial charge is 0.352 e. The Morgan fingerprint density at radius 2 is 2.50 bits per heavy atom. The minimum Gasteiger partial charge on any atom is -0.352 e. The van der Waals surface area contributed by atoms with E-state index in [9.17, 15) is 14.0 Å². The van der Waals surface area contributed by atoms with Crippen LogP contribution in [0.3, 0.4) is 0 Å². The Kier molecular flexibility index (Phi) is 2.84. The highest BCUT2D eigenvalue weighted by atomic mass is 19.1. The number of urea groups is 1. The summed E-state index contributed by atoms with van der Waals surface area (Å²) >= 11 is 0. The van der Waals surface area contributed by atoms with Crippen LogP contribution in [0, 0.1) is 0 Å². The number of amides is 3. The molecule has 0 saturated carbocycles. The molecule has 3 amide bonds. The van der Waals surface area contributed by atoms with Crippen LogP contribution in [-0.4, -0.2) is 37.7 Å². The maximum atomic E-state index is 11.6. The Hall–Kier alpha value is -1.33. The van der Waals surface area contributed by atoms with Gasteiger partial charge in [0, 0.05) is 13.1 Å². The van der Waals surface area contributed by atoms with Crippen LogP contribution in [0.5, 0.6) is 0 Å². The highest BCUT2D eigenvalue weighted by Gasteiger charge is 2.25. The predicted octanol–water partition coefficient (Wildman–Crippen LogP) is -1.25. The maximum absolute atomic E-state index is 11.6. The maximum Gasteiger partial charge on any atom is 0.315 e. The Labute approximate surface area is 68.7 Å². The third-order valence-corrected chi connectivity index (χ3v) is 1.48. The van der Waals surface area contributed by atoms with Gasteiger partial charge in [-0.15, -0.1) is 0 Å². The van der Waals surface area contributed by atoms with Gasteiger partial charge in [0.25, 0.3) is 0 Å². The van der Waals surface area contributed by atoms with Crippen molar-refractivity contribution >= 4 is 11.9 Å². The van der Waals surface area contributed by atoms with E-state index < -0.39 is 12.7 Å². The zero-order valence-corrected chi connectivity index (χ0v) is 6.39. The zero-order valence-electron chi connectivity index (χ0n) is 6.39. The Morgan fingerprint density at radius 1 is 1.75 bits per heavy atom. The highest BCUT2D eigenvalue weighted by molar-refractivity contribution is 5.90. The topological polar surface area (TPSA) is 70.2 Å². The SMILES string of the molecule is O=C1NC[C@@H](C(=O)NCCF)N1. The van der Waals surface area contributed by atoms with Crippen molar-refractivity contribution in [3.8, 4) is 0 Å². The minimum atomic E-state index is -0.597. The molecular formula is C6H10FN3O2. The van der Waals surface area contributed by atoms with Crippen molar-refractivity contribution in [3.63, 3.8) is 0 Å². The van der Waals surface area contributed by atoms with E-state index in [0.29, 0.717) is 0 Å². The second kappa shape index (κ2) is 3.89. The molecule has 1 aliphatic rings. The Bertz CT molecular complexity index is 197. The van der Waals surface area contributed by atoms with E-state index in [0.717, 1.165) is 0 Å². The van der Waals surface area contributed by atoms with Crippen molar-refractivity contribution in [1.82, 2.24) is 16.0 Å². The van der Waals surface area contributed by atoms with Crippen LogP contribution in [0.15, 0.2) is 0 Å². The summed E-state index contributed by atoms with van der Waals surface area (Å²) < 4.78 is 11.6. The standard InChI is InChI=1S/C6H10FN3O2/c7-1-2-8-5(11)4-3-9-6(12)10-4/h4H,1-3H2,(H,8,11)(H2,9,10,12)/t4-/m0/s1. The number of carbonyl (C=O) groups excluding carboxylic acids is 2. The summed E-state index contributed by atoms with van der Waals surface area (Å²) in [5.74, 6) is -0.356. The molecule has 3 N–H and O–H groups in total. The van der Waals surface area contributed by atoms with Gasteiger partial charge in [-0.1, -0.05) is 0 Å². The molecule has 1 heterocycles. The third kappa shape index (κ3) is 2.08. The molecular weight excluding hydrogens is 165 g/mol. The van der Waals surface area contributed by atoms with E-state index in [1.54, 1.807) is 0 Å². The van der Waals surface area contributed by atoms with Crippen molar-refractivity contribution in [1.29, 1.82) is 0 Å². The number of carbonyl (C=O) groups is 2. The molecule has 0 radical (unpaired) electrons. The van der Waals surface area contributed by atoms with Crippen LogP contribution in [0.25, 0.3) is 0 Å². The predicted molar refractivity (Wildman–Crippen MR) is 39.3 cm³/mol. The van der Waals surface area contributed by atoms with Gasteiger partial charge in [0.2, 0.25) is 5.91 Å². The summed E-state index contributed by atoms with van der Waals surface area (Å²) in [6, 6.07) is -0.931. The normalized spacial score (nSPS) is 21.4. The van der Waals surface area contributed by atoms with Gasteiger partial charge >= 0.3 is 6.03 Å². The van der Waals surface area contributed by atoms with Crippen LogP contribution in [0.2, 0.25) is 0 Å². The lowest BCUT2D eigenvalue weighted by atomic mass is 10.3. The molecule has 1 rings (SSSR count). The first-order valence-corrected chi connectivity index (χ1v) is 3.62. The smallest absolute Gasteiger partial charge is 0.315 e. The quantitative estimate of drug-likeness (QED) is 0.501. The van der Waals surface area contributed by atoms with Crippen LogP contribution < -0.4 is 16.0 Å². The number of hydrogen-bond acceptors (Lipinski definition) is 2. The number of rotatable bonds is 3. The lowest BCUT2D eigenvalue weighted by molar-refractivity contribution is -0.122. The van der Waals surface area contributed by atoms with Gasteiger partial charge in [0.1, 0.15) is 12.7 Å². The number of alkyl halides is 1. The van der Waals surface area contributed by atoms with Crippen molar-refractivity contribution in [2.45, 2.75) is 6.04 Å². The molecule has 0 aliphatic carbocycles. The van der Waals surface area contributed by atoms with Gasteiger partial charge in [-0.05, 0) is 0 Å². The molecule has 0 spiro atoms. The molecule has 0 aromatic heterocycles. The molecule has 0 bridgehead atoms. The number of nitrogens with one attached hydrogen (secondary N) is 3. The van der Waals surface area contributed by atoms with E-state index in [2.05, 4.69) is 16.0 Å². The van der Waals surface area contributed by atoms with Crippen molar-refractivity contribution in [2.24, 2.45) is 0 Å². The fourth-order valence-corrected chi connectivity index (χ4v) is 0.907. The molecule has 1 saturated heterocycles. The van der Waals surface area contributed by atoms with Gasteiger partial charge in [-0.25, -0.2) is 9.18 Å². The average molecular weight is 175 g/mol. The van der Waals surface area contributed by atoms with Crippen LogP contribution >= 0.6 is 0 Å². The molecule has 1 aliphatic heterocycles. The first kappa shape index (κ1) is 8.76. The van der Waals surface area contributed by atoms with Crippen LogP contribution in [0.1, 0.15) is 0 Å². The summed E-state index contributed by atoms with van der Waals surface area (Å²) in [5.41, 5.74) is 0. The van der Waals surface area contributed by atoms with Crippen molar-refractivity contribution in [3.05, 3.63) is 0 Å². The van der Waals surface area contributed by atoms with E-state index in [1.807, 2.05) is 0 Å². The van der Waals surface area contributed by atoms with Crippen molar-refractivity contribution in [2.75, 3.05) is 19.8 Å². The highest BCUT2D eigenvalue weighted by Crippen LogP contribution is 1.89. The van der Waals surface area contributed by atoms with Crippen LogP contribution in [-0.2, 0) is 4.79 Å². The van der Waals surface area contributed by atoms with E-state index in [1.165, 1.54) is 0 Å². The molecule has 0 aromatic rings. The molecule has 1 atom stereocenters.